The van der Waals surface area contributed by atoms with Crippen molar-refractivity contribution in [1.29, 1.82) is 0 Å². The maximum absolute atomic E-state index is 12.6. The number of hydrogen-bond acceptors (Lipinski definition) is 5. The van der Waals surface area contributed by atoms with Gasteiger partial charge in [-0.05, 0) is 36.8 Å². The van der Waals surface area contributed by atoms with Gasteiger partial charge in [0.05, 0.1) is 6.26 Å². The molecule has 0 aliphatic heterocycles. The molecule has 0 saturated heterocycles. The summed E-state index contributed by atoms with van der Waals surface area (Å²) in [4.78, 5) is 24.9. The van der Waals surface area contributed by atoms with Gasteiger partial charge < -0.3 is 19.2 Å². The molecule has 3 aromatic rings. The van der Waals surface area contributed by atoms with Gasteiger partial charge in [-0.1, -0.05) is 48.0 Å². The van der Waals surface area contributed by atoms with Gasteiger partial charge in [-0.3, -0.25) is 4.79 Å². The molecule has 6 heteroatoms. The Labute approximate surface area is 163 Å². The van der Waals surface area contributed by atoms with Gasteiger partial charge in [0, 0.05) is 0 Å². The first-order chi connectivity index (χ1) is 13.6. The smallest absolute Gasteiger partial charge is 0.333 e. The Bertz CT molecular complexity index is 888. The second-order valence-electron chi connectivity index (χ2n) is 6.12. The van der Waals surface area contributed by atoms with Crippen molar-refractivity contribution >= 4 is 11.9 Å². The number of ether oxygens (including phenoxy) is 2. The third-order valence-corrected chi connectivity index (χ3v) is 4.01. The molecular formula is C22H21NO5. The molecule has 1 aromatic heterocycles. The predicted octanol–water partition coefficient (Wildman–Crippen LogP) is 3.68. The van der Waals surface area contributed by atoms with Gasteiger partial charge in [0.1, 0.15) is 19.0 Å². The molecule has 1 heterocycles. The van der Waals surface area contributed by atoms with Crippen molar-refractivity contribution in [3.05, 3.63) is 89.9 Å². The molecule has 0 saturated carbocycles. The Morgan fingerprint density at radius 1 is 0.964 bits per heavy atom. The number of rotatable bonds is 8. The Hall–Kier alpha value is -3.54. The average molecular weight is 379 g/mol. The van der Waals surface area contributed by atoms with Crippen LogP contribution in [0.5, 0.6) is 5.75 Å². The van der Waals surface area contributed by atoms with Crippen molar-refractivity contribution in [1.82, 2.24) is 5.32 Å². The standard InChI is InChI=1S/C22H21NO5/c1-16-9-11-18(12-10-16)26-14-15-28-22(25)20(17-6-3-2-4-7-17)23-21(24)19-8-5-13-27-19/h2-13,20H,14-15H2,1H3,(H,23,24). The number of aryl methyl sites for hydroxylation is 1. The monoisotopic (exact) mass is 379 g/mol. The average Bonchev–Trinajstić information content (AvgIpc) is 3.26. The molecule has 1 N–H and O–H groups in total. The van der Waals surface area contributed by atoms with Crippen LogP contribution in [-0.4, -0.2) is 25.1 Å². The van der Waals surface area contributed by atoms with E-state index in [0.29, 0.717) is 11.3 Å². The number of benzene rings is 2. The van der Waals surface area contributed by atoms with E-state index in [1.165, 1.54) is 12.3 Å². The minimum atomic E-state index is -0.946. The summed E-state index contributed by atoms with van der Waals surface area (Å²) in [5.74, 6) is -0.242. The molecule has 3 rings (SSSR count). The third kappa shape index (κ3) is 5.23. The minimum Gasteiger partial charge on any atom is -0.490 e. The summed E-state index contributed by atoms with van der Waals surface area (Å²) in [6.45, 7) is 2.27. The van der Waals surface area contributed by atoms with Gasteiger partial charge in [-0.15, -0.1) is 0 Å². The van der Waals surface area contributed by atoms with Crippen molar-refractivity contribution in [2.24, 2.45) is 0 Å². The molecule has 0 aliphatic rings. The molecule has 144 valence electrons. The lowest BCUT2D eigenvalue weighted by Gasteiger charge is -2.17. The van der Waals surface area contributed by atoms with Gasteiger partial charge in [-0.25, -0.2) is 4.79 Å². The van der Waals surface area contributed by atoms with Crippen LogP contribution in [-0.2, 0) is 9.53 Å². The fraction of sp³-hybridized carbons (Fsp3) is 0.182. The molecule has 1 unspecified atom stereocenters. The lowest BCUT2D eigenvalue weighted by molar-refractivity contribution is -0.146. The number of amides is 1. The SMILES string of the molecule is Cc1ccc(OCCOC(=O)C(NC(=O)c2ccco2)c2ccccc2)cc1. The summed E-state index contributed by atoms with van der Waals surface area (Å²) in [6.07, 6.45) is 1.40. The second-order valence-corrected chi connectivity index (χ2v) is 6.12. The Balaban J connectivity index is 1.58. The Morgan fingerprint density at radius 2 is 1.71 bits per heavy atom. The largest absolute Gasteiger partial charge is 0.490 e. The Morgan fingerprint density at radius 3 is 2.39 bits per heavy atom. The summed E-state index contributed by atoms with van der Waals surface area (Å²) in [5, 5.41) is 2.65. The van der Waals surface area contributed by atoms with Crippen LogP contribution >= 0.6 is 0 Å². The van der Waals surface area contributed by atoms with Gasteiger partial charge in [0.2, 0.25) is 0 Å². The van der Waals surface area contributed by atoms with Crippen LogP contribution in [0.3, 0.4) is 0 Å². The number of esters is 1. The van der Waals surface area contributed by atoms with Crippen LogP contribution in [0.2, 0.25) is 0 Å². The van der Waals surface area contributed by atoms with Gasteiger partial charge in [-0.2, -0.15) is 0 Å². The highest BCUT2D eigenvalue weighted by Gasteiger charge is 2.25. The van der Waals surface area contributed by atoms with E-state index >= 15 is 0 Å². The van der Waals surface area contributed by atoms with Crippen molar-refractivity contribution in [2.75, 3.05) is 13.2 Å². The predicted molar refractivity (Wildman–Crippen MR) is 103 cm³/mol. The zero-order valence-corrected chi connectivity index (χ0v) is 15.5. The summed E-state index contributed by atoms with van der Waals surface area (Å²) in [5.41, 5.74) is 1.75. The van der Waals surface area contributed by atoms with Gasteiger partial charge >= 0.3 is 5.97 Å². The maximum atomic E-state index is 12.6. The van der Waals surface area contributed by atoms with Gasteiger partial charge in [0.15, 0.2) is 11.8 Å². The maximum Gasteiger partial charge on any atom is 0.333 e. The second kappa shape index (κ2) is 9.41. The molecule has 6 nitrogen and oxygen atoms in total. The van der Waals surface area contributed by atoms with E-state index in [4.69, 9.17) is 13.9 Å². The molecule has 0 aliphatic carbocycles. The first-order valence-electron chi connectivity index (χ1n) is 8.89. The highest BCUT2D eigenvalue weighted by molar-refractivity contribution is 5.94. The van der Waals surface area contributed by atoms with Crippen LogP contribution in [0.4, 0.5) is 0 Å². The number of nitrogens with one attached hydrogen (secondary N) is 1. The quantitative estimate of drug-likeness (QED) is 0.477. The summed E-state index contributed by atoms with van der Waals surface area (Å²) in [7, 11) is 0. The molecule has 2 aromatic carbocycles. The first-order valence-corrected chi connectivity index (χ1v) is 8.89. The number of carbonyl (C=O) groups excluding carboxylic acids is 2. The van der Waals surface area contributed by atoms with E-state index < -0.39 is 17.9 Å². The van der Waals surface area contributed by atoms with Crippen LogP contribution in [0.15, 0.2) is 77.4 Å². The van der Waals surface area contributed by atoms with Crippen molar-refractivity contribution in [3.8, 4) is 5.75 Å². The number of carbonyl (C=O) groups is 2. The third-order valence-electron chi connectivity index (χ3n) is 4.01. The molecule has 0 radical (unpaired) electrons. The molecule has 0 fully saturated rings. The lowest BCUT2D eigenvalue weighted by atomic mass is 10.1. The first kappa shape index (κ1) is 19.2. The molecular weight excluding hydrogens is 358 g/mol. The molecule has 1 atom stereocenters. The van der Waals surface area contributed by atoms with E-state index in [0.717, 1.165) is 5.56 Å². The molecule has 28 heavy (non-hydrogen) atoms. The minimum absolute atomic E-state index is 0.0622. The van der Waals surface area contributed by atoms with E-state index in [1.807, 2.05) is 37.3 Å². The number of furan rings is 1. The molecule has 0 spiro atoms. The fourth-order valence-electron chi connectivity index (χ4n) is 2.55. The summed E-state index contributed by atoms with van der Waals surface area (Å²) < 4.78 is 16.0. The summed E-state index contributed by atoms with van der Waals surface area (Å²) in [6, 6.07) is 18.7. The van der Waals surface area contributed by atoms with Crippen molar-refractivity contribution in [2.45, 2.75) is 13.0 Å². The lowest BCUT2D eigenvalue weighted by Crippen LogP contribution is -2.35. The number of hydrogen-bond donors (Lipinski definition) is 1. The normalized spacial score (nSPS) is 11.5. The zero-order chi connectivity index (χ0) is 19.8. The molecule has 0 bridgehead atoms. The van der Waals surface area contributed by atoms with Crippen LogP contribution in [0.1, 0.15) is 27.7 Å². The summed E-state index contributed by atoms with van der Waals surface area (Å²) >= 11 is 0. The van der Waals surface area contributed by atoms with Crippen LogP contribution in [0, 0.1) is 6.92 Å². The molecule has 1 amide bonds. The van der Waals surface area contributed by atoms with E-state index in [1.54, 1.807) is 30.3 Å². The fourth-order valence-corrected chi connectivity index (χ4v) is 2.55. The Kier molecular flexibility index (Phi) is 6.46. The van der Waals surface area contributed by atoms with E-state index in [-0.39, 0.29) is 19.0 Å². The van der Waals surface area contributed by atoms with E-state index in [9.17, 15) is 9.59 Å². The zero-order valence-electron chi connectivity index (χ0n) is 15.5. The highest BCUT2D eigenvalue weighted by atomic mass is 16.6. The topological polar surface area (TPSA) is 77.8 Å². The van der Waals surface area contributed by atoms with E-state index in [2.05, 4.69) is 5.32 Å². The van der Waals surface area contributed by atoms with Crippen LogP contribution in [0.25, 0.3) is 0 Å². The highest BCUT2D eigenvalue weighted by Crippen LogP contribution is 2.16. The van der Waals surface area contributed by atoms with Crippen LogP contribution < -0.4 is 10.1 Å². The van der Waals surface area contributed by atoms with Crippen molar-refractivity contribution in [3.63, 3.8) is 0 Å². The van der Waals surface area contributed by atoms with Gasteiger partial charge in [0.25, 0.3) is 5.91 Å². The van der Waals surface area contributed by atoms with Crippen molar-refractivity contribution < 1.29 is 23.5 Å².